The number of allylic oxidation sites excluding steroid dienone is 1. The molecular weight excluding hydrogens is 808 g/mol. The number of nitrogens with zero attached hydrogens (tertiary/aromatic N) is 4. The Kier molecular flexibility index (Phi) is 13.4. The largest absolute Gasteiger partial charge is 0.497 e. The second kappa shape index (κ2) is 17.8. The number of hydrogen-bond acceptors (Lipinski definition) is 10. The molecule has 1 aliphatic heterocycles. The zero-order valence-corrected chi connectivity index (χ0v) is 37.3. The molecule has 1 aliphatic carbocycles. The van der Waals surface area contributed by atoms with Gasteiger partial charge >= 0.3 is 0 Å². The summed E-state index contributed by atoms with van der Waals surface area (Å²) < 4.78 is 56.2. The summed E-state index contributed by atoms with van der Waals surface area (Å²) in [4.78, 5) is 57.1. The fourth-order valence-electron chi connectivity index (χ4n) is 8.27. The fraction of sp³-hybridized carbons (Fsp3) is 0.489. The molecule has 1 saturated carbocycles. The highest BCUT2D eigenvalue weighted by atomic mass is 32.1. The first kappa shape index (κ1) is 45.0. The normalized spacial score (nSPS) is 22.1. The number of amides is 1. The van der Waals surface area contributed by atoms with Gasteiger partial charge < -0.3 is 24.6 Å². The number of methoxy groups -OCH3 is 1. The highest BCUT2D eigenvalue weighted by molar-refractivity contribution is 7.59. The van der Waals surface area contributed by atoms with Crippen LogP contribution >= 0.6 is 18.7 Å². The number of aromatic nitrogens is 2. The van der Waals surface area contributed by atoms with E-state index in [2.05, 4.69) is 16.9 Å². The van der Waals surface area contributed by atoms with Gasteiger partial charge in [0.05, 0.1) is 42.2 Å². The molecule has 0 radical (unpaired) electrons. The Balaban J connectivity index is 1.37. The molecule has 2 aromatic heterocycles. The number of anilines is 1. The third kappa shape index (κ3) is 9.51. The van der Waals surface area contributed by atoms with Gasteiger partial charge in [0.1, 0.15) is 34.9 Å². The summed E-state index contributed by atoms with van der Waals surface area (Å²) in [5, 5.41) is 5.18. The van der Waals surface area contributed by atoms with Crippen molar-refractivity contribution in [2.24, 2.45) is 22.2 Å². The number of benzene rings is 2. The topological polar surface area (TPSA) is 143 Å². The van der Waals surface area contributed by atoms with Crippen molar-refractivity contribution < 1.29 is 37.3 Å². The molecule has 6 rings (SSSR count). The fourth-order valence-corrected chi connectivity index (χ4v) is 11.7. The predicted octanol–water partition coefficient (Wildman–Crippen LogP) is 9.72. The van der Waals surface area contributed by atoms with Gasteiger partial charge in [0.2, 0.25) is 13.3 Å². The maximum absolute atomic E-state index is 14.9. The molecule has 2 aliphatic rings. The lowest BCUT2D eigenvalue weighted by Gasteiger charge is -2.35. The van der Waals surface area contributed by atoms with Crippen LogP contribution in [0.15, 0.2) is 65.5 Å². The van der Waals surface area contributed by atoms with Crippen LogP contribution in [0.2, 0.25) is 0 Å². The summed E-state index contributed by atoms with van der Waals surface area (Å²) in [6.45, 7) is 18.3. The molecule has 3 heterocycles. The number of thiazole rings is 1. The Morgan fingerprint density at radius 2 is 1.88 bits per heavy atom. The number of ether oxygens (including phenoxy) is 2. The Bertz CT molecular complexity index is 2330. The molecule has 2 aromatic carbocycles. The average Bonchev–Trinajstić information content (AvgIpc) is 3.46. The third-order valence-electron chi connectivity index (χ3n) is 11.6. The van der Waals surface area contributed by atoms with Crippen LogP contribution in [0.4, 0.5) is 13.9 Å². The molecule has 60 heavy (non-hydrogen) atoms. The monoisotopic (exact) mass is 863 g/mol. The van der Waals surface area contributed by atoms with Crippen molar-refractivity contribution in [3.63, 3.8) is 0 Å². The van der Waals surface area contributed by atoms with Crippen molar-refractivity contribution in [1.82, 2.24) is 14.9 Å². The summed E-state index contributed by atoms with van der Waals surface area (Å²) in [5.41, 5.74) is 1.60. The Morgan fingerprint density at radius 1 is 1.17 bits per heavy atom. The van der Waals surface area contributed by atoms with Gasteiger partial charge in [-0.05, 0) is 76.1 Å². The first-order valence-electron chi connectivity index (χ1n) is 20.4. The highest BCUT2D eigenvalue weighted by Crippen LogP contribution is 2.74. The van der Waals surface area contributed by atoms with Gasteiger partial charge in [-0.2, -0.15) is 0 Å². The molecule has 1 saturated heterocycles. The predicted molar refractivity (Wildman–Crippen MR) is 234 cm³/mol. The number of rotatable bonds is 17. The van der Waals surface area contributed by atoms with Crippen molar-refractivity contribution in [3.05, 3.63) is 77.7 Å². The Hall–Kier alpha value is -4.52. The second-order valence-corrected chi connectivity index (χ2v) is 20.9. The standard InChI is InChI=1S/C45H56F2N5O6PS/c1-10-28-21-45(28,59(55,56)24-32-34(46)13-12-14-35(32)47)22-40(53)39-19-30(23-52(39)42(54)33(44(6,7)8)17-27(5)48-11-2)58-41-20-37(38-25-60-43(51-38)49-26(3)4)50-36-18-29(57-9)15-16-31(36)41/h10,12-16,18,20,25-26,28,30,33,39H,1,11,17,19,21-24H2,2-9H3,(H,49,51)(H,55,56)/t28-,30-,33?,39+,45-/m1/s1. The van der Waals surface area contributed by atoms with Crippen LogP contribution in [0.5, 0.6) is 11.5 Å². The molecule has 4 aromatic rings. The lowest BCUT2D eigenvalue weighted by molar-refractivity contribution is -0.143. The minimum atomic E-state index is -4.44. The van der Waals surface area contributed by atoms with Crippen LogP contribution in [0.3, 0.4) is 0 Å². The summed E-state index contributed by atoms with van der Waals surface area (Å²) in [7, 11) is -2.86. The molecule has 0 spiro atoms. The maximum Gasteiger partial charge on any atom is 0.227 e. The molecule has 322 valence electrons. The van der Waals surface area contributed by atoms with Crippen LogP contribution < -0.4 is 14.8 Å². The lowest BCUT2D eigenvalue weighted by Crippen LogP contribution is -2.48. The molecule has 6 atom stereocenters. The smallest absolute Gasteiger partial charge is 0.227 e. The van der Waals surface area contributed by atoms with Gasteiger partial charge in [-0.3, -0.25) is 19.1 Å². The summed E-state index contributed by atoms with van der Waals surface area (Å²) in [6.07, 6.45) is 0.318. The number of aliphatic imine (C=N–C) groups is 1. The third-order valence-corrected chi connectivity index (χ3v) is 15.2. The van der Waals surface area contributed by atoms with E-state index < -0.39 is 71.1 Å². The van der Waals surface area contributed by atoms with Crippen molar-refractivity contribution >= 4 is 52.1 Å². The van der Waals surface area contributed by atoms with E-state index in [0.717, 1.165) is 23.0 Å². The number of carbonyl (C=O) groups is 2. The van der Waals surface area contributed by atoms with Crippen LogP contribution in [0.1, 0.15) is 79.7 Å². The van der Waals surface area contributed by atoms with Gasteiger partial charge in [0.25, 0.3) is 0 Å². The minimum absolute atomic E-state index is 0.0648. The number of halogens is 2. The molecule has 15 heteroatoms. The molecule has 1 amide bonds. The highest BCUT2D eigenvalue weighted by Gasteiger charge is 2.65. The molecule has 2 N–H and O–H groups in total. The van der Waals surface area contributed by atoms with E-state index >= 15 is 0 Å². The number of carbonyl (C=O) groups excluding carboxylic acids is 2. The second-order valence-electron chi connectivity index (χ2n) is 17.4. The van der Waals surface area contributed by atoms with Crippen LogP contribution in [0, 0.1) is 28.9 Å². The van der Waals surface area contributed by atoms with Gasteiger partial charge in [-0.1, -0.05) is 32.9 Å². The van der Waals surface area contributed by atoms with Gasteiger partial charge in [-0.15, -0.1) is 17.9 Å². The van der Waals surface area contributed by atoms with Gasteiger partial charge in [0.15, 0.2) is 10.9 Å². The van der Waals surface area contributed by atoms with Crippen LogP contribution in [-0.4, -0.2) is 80.7 Å². The summed E-state index contributed by atoms with van der Waals surface area (Å²) in [6, 6.07) is 9.71. The summed E-state index contributed by atoms with van der Waals surface area (Å²) in [5.74, 6) is -2.56. The minimum Gasteiger partial charge on any atom is -0.497 e. The lowest BCUT2D eigenvalue weighted by atomic mass is 9.76. The van der Waals surface area contributed by atoms with E-state index in [1.54, 1.807) is 18.1 Å². The number of likely N-dealkylation sites (tertiary alicyclic amines) is 1. The van der Waals surface area contributed by atoms with Crippen molar-refractivity contribution in [3.8, 4) is 22.9 Å². The summed E-state index contributed by atoms with van der Waals surface area (Å²) >= 11 is 1.46. The van der Waals surface area contributed by atoms with E-state index in [-0.39, 0.29) is 37.8 Å². The average molecular weight is 864 g/mol. The number of nitrogens with one attached hydrogen (secondary N) is 1. The molecule has 2 unspecified atom stereocenters. The first-order chi connectivity index (χ1) is 28.3. The van der Waals surface area contributed by atoms with Gasteiger partial charge in [-0.25, -0.2) is 18.7 Å². The SMILES string of the molecule is C=C[C@@H]1C[C@]1(CC(=O)[C@@H]1C[C@@H](Oc2cc(-c3csc(NC(C)C)n3)nc3cc(OC)ccc23)CN1C(=O)C(CC(C)=NCC)C(C)(C)C)P(=O)(O)Cc1c(F)cccc1F. The zero-order valence-electron chi connectivity index (χ0n) is 35.6. The quantitative estimate of drug-likeness (QED) is 0.0603. The number of Topliss-reactive ketones (excluding diaryl/α,β-unsaturated/α-hetero) is 1. The number of pyridine rings is 1. The first-order valence-corrected chi connectivity index (χ1v) is 23.1. The van der Waals surface area contributed by atoms with E-state index in [9.17, 15) is 27.8 Å². The van der Waals surface area contributed by atoms with E-state index in [1.807, 2.05) is 72.0 Å². The Morgan fingerprint density at radius 3 is 2.50 bits per heavy atom. The molecule has 2 fully saturated rings. The Labute approximate surface area is 355 Å². The molecule has 11 nitrogen and oxygen atoms in total. The molecule has 0 bridgehead atoms. The van der Waals surface area contributed by atoms with Crippen LogP contribution in [-0.2, 0) is 20.3 Å². The molecular formula is C45H56F2N5O6PS. The number of fused-ring (bicyclic) bond motifs is 1. The van der Waals surface area contributed by atoms with Crippen molar-refractivity contribution in [1.29, 1.82) is 0 Å². The number of hydrogen-bond donors (Lipinski definition) is 2. The van der Waals surface area contributed by atoms with Gasteiger partial charge in [0, 0.05) is 65.5 Å². The van der Waals surface area contributed by atoms with E-state index in [0.29, 0.717) is 46.8 Å². The van der Waals surface area contributed by atoms with E-state index in [4.69, 9.17) is 19.4 Å². The van der Waals surface area contributed by atoms with Crippen molar-refractivity contribution in [2.45, 2.75) is 104 Å². The zero-order chi connectivity index (χ0) is 43.7. The van der Waals surface area contributed by atoms with Crippen LogP contribution in [0.25, 0.3) is 22.3 Å². The van der Waals surface area contributed by atoms with Crippen molar-refractivity contribution in [2.75, 3.05) is 25.5 Å². The van der Waals surface area contributed by atoms with E-state index in [1.165, 1.54) is 23.5 Å². The maximum atomic E-state index is 14.9. The number of ketones is 1.